The molecular weight excluding hydrogens is 336 g/mol. The zero-order chi connectivity index (χ0) is 18.3. The highest BCUT2D eigenvalue weighted by Gasteiger charge is 2.34. The van der Waals surface area contributed by atoms with Crippen LogP contribution in [-0.2, 0) is 16.1 Å². The molecule has 0 aliphatic heterocycles. The maximum atomic E-state index is 11.2. The molecule has 2 aromatic rings. The Hall–Kier alpha value is -1.94. The third-order valence-corrected chi connectivity index (χ3v) is 4.71. The number of benzene rings is 1. The molecule has 1 aromatic heterocycles. The number of hydrogen-bond donors (Lipinski definition) is 1. The molecule has 0 unspecified atom stereocenters. The van der Waals surface area contributed by atoms with Crippen molar-refractivity contribution in [3.05, 3.63) is 47.9 Å². The van der Waals surface area contributed by atoms with Crippen molar-refractivity contribution in [1.29, 1.82) is 0 Å². The summed E-state index contributed by atoms with van der Waals surface area (Å²) in [5, 5.41) is 9.13. The molecule has 0 aliphatic rings. The highest BCUT2D eigenvalue weighted by atomic mass is 35.5. The van der Waals surface area contributed by atoms with E-state index in [0.29, 0.717) is 5.69 Å². The molecule has 134 valence electrons. The van der Waals surface area contributed by atoms with Gasteiger partial charge in [0.25, 0.3) is 0 Å². The zero-order valence-corrected chi connectivity index (χ0v) is 15.6. The van der Waals surface area contributed by atoms with E-state index in [1.165, 1.54) is 50.8 Å². The highest BCUT2D eigenvalue weighted by Crippen LogP contribution is 2.27. The number of alkyl halides is 1. The van der Waals surface area contributed by atoms with Gasteiger partial charge in [-0.3, -0.25) is 9.97 Å². The summed E-state index contributed by atoms with van der Waals surface area (Å²) in [6, 6.07) is 8.30. The number of hydrogen-bond acceptors (Lipinski definition) is 3. The van der Waals surface area contributed by atoms with Crippen LogP contribution in [0.2, 0.25) is 0 Å². The van der Waals surface area contributed by atoms with Crippen molar-refractivity contribution in [2.24, 2.45) is 0 Å². The molecule has 0 bridgehead atoms. The summed E-state index contributed by atoms with van der Waals surface area (Å²) in [6.45, 7) is 3.62. The second-order valence-electron chi connectivity index (χ2n) is 6.46. The Morgan fingerprint density at radius 1 is 1.08 bits per heavy atom. The first-order valence-corrected chi connectivity index (χ1v) is 9.17. The predicted octanol–water partition coefficient (Wildman–Crippen LogP) is 5.20. The standard InChI is InChI=1S/C20H25ClN2O2/c1-3-4-5-6-7-8-15-9-11-16(12-10-15)17-13-23-18(14-22-17)20(2,21)19(24)25/h9-14H,3-8H2,1-2H3,(H,24,25)/t20-/m1/s1. The summed E-state index contributed by atoms with van der Waals surface area (Å²) in [5.74, 6) is -1.14. The molecule has 1 N–H and O–H groups in total. The van der Waals surface area contributed by atoms with E-state index in [-0.39, 0.29) is 5.69 Å². The summed E-state index contributed by atoms with van der Waals surface area (Å²) < 4.78 is 0. The van der Waals surface area contributed by atoms with Crippen molar-refractivity contribution < 1.29 is 9.90 Å². The number of aliphatic carboxylic acids is 1. The summed E-state index contributed by atoms with van der Waals surface area (Å²) >= 11 is 5.99. The van der Waals surface area contributed by atoms with Gasteiger partial charge >= 0.3 is 5.97 Å². The number of carboxylic acids is 1. The number of aromatic nitrogens is 2. The fourth-order valence-corrected chi connectivity index (χ4v) is 2.70. The first kappa shape index (κ1) is 19.4. The molecule has 0 radical (unpaired) electrons. The number of aryl methyl sites for hydroxylation is 1. The van der Waals surface area contributed by atoms with Crippen molar-refractivity contribution in [2.45, 2.75) is 57.2 Å². The van der Waals surface area contributed by atoms with E-state index in [1.54, 1.807) is 6.20 Å². The first-order valence-electron chi connectivity index (χ1n) is 8.79. The largest absolute Gasteiger partial charge is 0.480 e. The monoisotopic (exact) mass is 360 g/mol. The summed E-state index contributed by atoms with van der Waals surface area (Å²) in [6.07, 6.45) is 10.5. The van der Waals surface area contributed by atoms with Crippen LogP contribution >= 0.6 is 11.6 Å². The molecule has 0 fully saturated rings. The summed E-state index contributed by atoms with van der Waals surface area (Å²) in [5.41, 5.74) is 3.22. The smallest absolute Gasteiger partial charge is 0.330 e. The van der Waals surface area contributed by atoms with E-state index in [0.717, 1.165) is 12.0 Å². The Morgan fingerprint density at radius 2 is 1.76 bits per heavy atom. The Labute approximate surface area is 154 Å². The van der Waals surface area contributed by atoms with Crippen LogP contribution in [0.1, 0.15) is 57.2 Å². The van der Waals surface area contributed by atoms with Crippen molar-refractivity contribution in [1.82, 2.24) is 9.97 Å². The molecule has 0 spiro atoms. The van der Waals surface area contributed by atoms with Crippen molar-refractivity contribution in [3.8, 4) is 11.3 Å². The van der Waals surface area contributed by atoms with E-state index in [9.17, 15) is 4.79 Å². The van der Waals surface area contributed by atoms with Gasteiger partial charge < -0.3 is 5.11 Å². The van der Waals surface area contributed by atoms with Gasteiger partial charge in [0, 0.05) is 5.56 Å². The fraction of sp³-hybridized carbons (Fsp3) is 0.450. The van der Waals surface area contributed by atoms with Crippen molar-refractivity contribution in [3.63, 3.8) is 0 Å². The number of carboxylic acid groups (broad SMARTS) is 1. The Kier molecular flexibility index (Phi) is 6.94. The maximum Gasteiger partial charge on any atom is 0.330 e. The lowest BCUT2D eigenvalue weighted by atomic mass is 10.0. The lowest BCUT2D eigenvalue weighted by molar-refractivity contribution is -0.140. The average Bonchev–Trinajstić information content (AvgIpc) is 2.62. The lowest BCUT2D eigenvalue weighted by Gasteiger charge is -2.15. The molecule has 2 rings (SSSR count). The fourth-order valence-electron chi connectivity index (χ4n) is 2.60. The molecule has 5 heteroatoms. The molecule has 4 nitrogen and oxygen atoms in total. The number of halogens is 1. The lowest BCUT2D eigenvalue weighted by Crippen LogP contribution is -2.27. The highest BCUT2D eigenvalue weighted by molar-refractivity contribution is 6.33. The molecule has 0 amide bonds. The van der Waals surface area contributed by atoms with Crippen LogP contribution in [0.4, 0.5) is 0 Å². The van der Waals surface area contributed by atoms with Crippen LogP contribution in [0, 0.1) is 0 Å². The third-order valence-electron chi connectivity index (χ3n) is 4.35. The number of unbranched alkanes of at least 4 members (excludes halogenated alkanes) is 4. The van der Waals surface area contributed by atoms with Gasteiger partial charge in [0.1, 0.15) is 0 Å². The number of rotatable bonds is 9. The number of nitrogens with zero attached hydrogens (tertiary/aromatic N) is 2. The van der Waals surface area contributed by atoms with Crippen molar-refractivity contribution >= 4 is 17.6 Å². The van der Waals surface area contributed by atoms with Gasteiger partial charge in [-0.25, -0.2) is 4.79 Å². The minimum absolute atomic E-state index is 0.231. The predicted molar refractivity (Wildman–Crippen MR) is 101 cm³/mol. The second-order valence-corrected chi connectivity index (χ2v) is 7.21. The first-order chi connectivity index (χ1) is 11.9. The van der Waals surface area contributed by atoms with Crippen molar-refractivity contribution in [2.75, 3.05) is 0 Å². The molecule has 1 atom stereocenters. The van der Waals surface area contributed by atoms with Crippen LogP contribution in [0.25, 0.3) is 11.3 Å². The van der Waals surface area contributed by atoms with Gasteiger partial charge in [0.15, 0.2) is 4.87 Å². The molecule has 0 aliphatic carbocycles. The van der Waals surface area contributed by atoms with Gasteiger partial charge in [-0.2, -0.15) is 0 Å². The second kappa shape index (κ2) is 8.95. The van der Waals surface area contributed by atoms with E-state index >= 15 is 0 Å². The van der Waals surface area contributed by atoms with Gasteiger partial charge in [-0.15, -0.1) is 0 Å². The van der Waals surface area contributed by atoms with Gasteiger partial charge in [-0.1, -0.05) is 68.5 Å². The quantitative estimate of drug-likeness (QED) is 0.493. The number of carbonyl (C=O) groups is 1. The zero-order valence-electron chi connectivity index (χ0n) is 14.8. The molecule has 1 aromatic carbocycles. The van der Waals surface area contributed by atoms with Crippen LogP contribution < -0.4 is 0 Å². The van der Waals surface area contributed by atoms with Crippen LogP contribution in [-0.4, -0.2) is 21.0 Å². The normalized spacial score (nSPS) is 13.4. The third kappa shape index (κ3) is 5.27. The van der Waals surface area contributed by atoms with Crippen LogP contribution in [0.15, 0.2) is 36.7 Å². The molecule has 0 saturated heterocycles. The van der Waals surface area contributed by atoms with E-state index in [1.807, 2.05) is 12.1 Å². The van der Waals surface area contributed by atoms with Crippen LogP contribution in [0.3, 0.4) is 0 Å². The molecular formula is C20H25ClN2O2. The molecule has 0 saturated carbocycles. The van der Waals surface area contributed by atoms with E-state index < -0.39 is 10.8 Å². The Morgan fingerprint density at radius 3 is 2.32 bits per heavy atom. The minimum Gasteiger partial charge on any atom is -0.480 e. The SMILES string of the molecule is CCCCCCCc1ccc(-c2cnc([C@@](C)(Cl)C(=O)O)cn2)cc1. The summed E-state index contributed by atoms with van der Waals surface area (Å²) in [7, 11) is 0. The summed E-state index contributed by atoms with van der Waals surface area (Å²) in [4.78, 5) is 18.1. The van der Waals surface area contributed by atoms with Crippen LogP contribution in [0.5, 0.6) is 0 Å². The van der Waals surface area contributed by atoms with E-state index in [2.05, 4.69) is 29.0 Å². The Bertz CT molecular complexity index is 682. The molecule has 25 heavy (non-hydrogen) atoms. The van der Waals surface area contributed by atoms with E-state index in [4.69, 9.17) is 16.7 Å². The topological polar surface area (TPSA) is 63.1 Å². The maximum absolute atomic E-state index is 11.2. The average molecular weight is 361 g/mol. The van der Waals surface area contributed by atoms with Gasteiger partial charge in [-0.05, 0) is 25.3 Å². The Balaban J connectivity index is 1.99. The van der Waals surface area contributed by atoms with Gasteiger partial charge in [0.2, 0.25) is 0 Å². The van der Waals surface area contributed by atoms with Gasteiger partial charge in [0.05, 0.1) is 23.8 Å². The molecule has 1 heterocycles. The minimum atomic E-state index is -1.56.